The Morgan fingerprint density at radius 2 is 1.58 bits per heavy atom. The maximum absolute atomic E-state index is 6.84. The van der Waals surface area contributed by atoms with Gasteiger partial charge in [-0.3, -0.25) is 0 Å². The maximum atomic E-state index is 6.84. The third-order valence-corrected chi connectivity index (χ3v) is 13.7. The highest BCUT2D eigenvalue weighted by atomic mass is 28.4. The molecule has 7 atom stereocenters. The molecule has 36 heavy (non-hydrogen) atoms. The van der Waals surface area contributed by atoms with Crippen LogP contribution in [0.25, 0.3) is 0 Å². The first-order chi connectivity index (χ1) is 16.5. The minimum absolute atomic E-state index is 0.263. The molecule has 4 aliphatic carbocycles. The molecule has 0 heterocycles. The van der Waals surface area contributed by atoms with Crippen molar-refractivity contribution < 1.29 is 4.43 Å². The predicted octanol–water partition coefficient (Wildman–Crippen LogP) is 10.6. The Morgan fingerprint density at radius 1 is 0.917 bits per heavy atom. The van der Waals surface area contributed by atoms with Gasteiger partial charge >= 0.3 is 0 Å². The summed E-state index contributed by atoms with van der Waals surface area (Å²) in [7, 11) is -1.54. The van der Waals surface area contributed by atoms with Crippen molar-refractivity contribution in [3.63, 3.8) is 0 Å². The number of allylic oxidation sites excluding steroid dienone is 3. The molecular formula is C34H60OSi. The van der Waals surface area contributed by atoms with Gasteiger partial charge in [0.05, 0.1) is 6.10 Å². The van der Waals surface area contributed by atoms with Crippen LogP contribution in [0, 0.1) is 45.3 Å². The zero-order chi connectivity index (χ0) is 26.9. The third kappa shape index (κ3) is 4.47. The molecule has 2 saturated carbocycles. The van der Waals surface area contributed by atoms with Crippen LogP contribution < -0.4 is 0 Å². The van der Waals surface area contributed by atoms with E-state index in [1.54, 1.807) is 0 Å². The van der Waals surface area contributed by atoms with E-state index in [0.29, 0.717) is 28.3 Å². The molecule has 4 aliphatic rings. The van der Waals surface area contributed by atoms with Gasteiger partial charge in [-0.1, -0.05) is 78.7 Å². The van der Waals surface area contributed by atoms with E-state index < -0.39 is 8.32 Å². The first-order valence-electron chi connectivity index (χ1n) is 15.6. The lowest BCUT2D eigenvalue weighted by Crippen LogP contribution is -2.56. The lowest BCUT2D eigenvalue weighted by atomic mass is 9.43. The van der Waals surface area contributed by atoms with E-state index in [2.05, 4.69) is 81.6 Å². The Kier molecular flexibility index (Phi) is 7.48. The molecule has 1 nitrogen and oxygen atoms in total. The van der Waals surface area contributed by atoms with E-state index in [1.807, 2.05) is 11.1 Å². The van der Waals surface area contributed by atoms with E-state index in [9.17, 15) is 0 Å². The largest absolute Gasteiger partial charge is 0.414 e. The SMILES string of the molecule is C=C(CC[C@@H](C)[C@H]1CCC2(C)C3=C(CC[C@]12C)[C@@]1(C)CC[C@H](O[Si](C)(C)C)C(C)(C)C1CC3)C(C)C. The molecule has 0 amide bonds. The van der Waals surface area contributed by atoms with Crippen LogP contribution in [0.3, 0.4) is 0 Å². The van der Waals surface area contributed by atoms with E-state index in [4.69, 9.17) is 4.43 Å². The maximum Gasteiger partial charge on any atom is 0.184 e. The highest BCUT2D eigenvalue weighted by Crippen LogP contribution is 2.72. The Hall–Kier alpha value is -0.343. The second-order valence-corrected chi connectivity index (χ2v) is 20.7. The highest BCUT2D eigenvalue weighted by molar-refractivity contribution is 6.69. The quantitative estimate of drug-likeness (QED) is 0.243. The summed E-state index contributed by atoms with van der Waals surface area (Å²) < 4.78 is 6.84. The highest BCUT2D eigenvalue weighted by Gasteiger charge is 2.63. The van der Waals surface area contributed by atoms with Crippen LogP contribution in [0.1, 0.15) is 120 Å². The van der Waals surface area contributed by atoms with Gasteiger partial charge in [-0.25, -0.2) is 0 Å². The Balaban J connectivity index is 1.60. The van der Waals surface area contributed by atoms with E-state index in [0.717, 1.165) is 17.8 Å². The minimum atomic E-state index is -1.54. The minimum Gasteiger partial charge on any atom is -0.414 e. The topological polar surface area (TPSA) is 9.23 Å². The predicted molar refractivity (Wildman–Crippen MR) is 160 cm³/mol. The van der Waals surface area contributed by atoms with E-state index in [-0.39, 0.29) is 5.41 Å². The molecule has 0 bridgehead atoms. The van der Waals surface area contributed by atoms with Gasteiger partial charge in [-0.05, 0) is 129 Å². The summed E-state index contributed by atoms with van der Waals surface area (Å²) in [4.78, 5) is 0. The first kappa shape index (κ1) is 28.7. The molecule has 4 rings (SSSR count). The number of hydrogen-bond donors (Lipinski definition) is 0. The van der Waals surface area contributed by atoms with Crippen LogP contribution in [0.2, 0.25) is 19.6 Å². The molecule has 206 valence electrons. The van der Waals surface area contributed by atoms with Gasteiger partial charge in [0.25, 0.3) is 0 Å². The fourth-order valence-electron chi connectivity index (χ4n) is 10.2. The van der Waals surface area contributed by atoms with E-state index >= 15 is 0 Å². The summed E-state index contributed by atoms with van der Waals surface area (Å²) in [6.07, 6.45) is 13.9. The summed E-state index contributed by atoms with van der Waals surface area (Å²) in [5, 5.41) is 0. The molecule has 0 radical (unpaired) electrons. The van der Waals surface area contributed by atoms with Crippen molar-refractivity contribution in [1.29, 1.82) is 0 Å². The Morgan fingerprint density at radius 3 is 2.19 bits per heavy atom. The zero-order valence-corrected chi connectivity index (χ0v) is 27.1. The second-order valence-electron chi connectivity index (χ2n) is 16.3. The fraction of sp³-hybridized carbons (Fsp3) is 0.882. The lowest BCUT2D eigenvalue weighted by Gasteiger charge is -2.63. The molecule has 0 aromatic carbocycles. The van der Waals surface area contributed by atoms with Crippen LogP contribution in [0.15, 0.2) is 23.3 Å². The lowest BCUT2D eigenvalue weighted by molar-refractivity contribution is -0.0885. The van der Waals surface area contributed by atoms with Crippen molar-refractivity contribution in [2.45, 2.75) is 145 Å². The van der Waals surface area contributed by atoms with Gasteiger partial charge < -0.3 is 4.43 Å². The molecule has 0 aromatic heterocycles. The van der Waals surface area contributed by atoms with Crippen LogP contribution in [-0.4, -0.2) is 14.4 Å². The van der Waals surface area contributed by atoms with Gasteiger partial charge in [0.15, 0.2) is 8.32 Å². The Bertz CT molecular complexity index is 889. The molecule has 0 N–H and O–H groups in total. The number of rotatable bonds is 7. The van der Waals surface area contributed by atoms with Gasteiger partial charge in [-0.2, -0.15) is 0 Å². The monoisotopic (exact) mass is 512 g/mol. The van der Waals surface area contributed by atoms with Gasteiger partial charge in [0.2, 0.25) is 0 Å². The van der Waals surface area contributed by atoms with Crippen molar-refractivity contribution >= 4 is 8.32 Å². The van der Waals surface area contributed by atoms with Crippen LogP contribution >= 0.6 is 0 Å². The van der Waals surface area contributed by atoms with Crippen LogP contribution in [-0.2, 0) is 4.43 Å². The van der Waals surface area contributed by atoms with Gasteiger partial charge in [-0.15, -0.1) is 0 Å². The second kappa shape index (κ2) is 9.39. The summed E-state index contributed by atoms with van der Waals surface area (Å²) >= 11 is 0. The first-order valence-corrected chi connectivity index (χ1v) is 19.0. The fourth-order valence-corrected chi connectivity index (χ4v) is 11.4. The molecule has 2 heteroatoms. The number of fused-ring (bicyclic) bond motifs is 4. The molecule has 0 spiro atoms. The standard InChI is InChI=1S/C34H60OSi/c1-23(2)24(3)13-14-25(4)26-17-21-34(9)28-15-16-29-31(5,6)30(35-36(10,11)12)19-20-32(29,7)27(28)18-22-33(26,34)8/h23,25-26,29-30H,3,13-22H2,1-2,4-12H3/t25-,26-,29?,30+,32-,33-,34?/m1/s1. The third-order valence-electron chi connectivity index (χ3n) is 12.7. The van der Waals surface area contributed by atoms with E-state index in [1.165, 1.54) is 69.8 Å². The molecule has 2 fully saturated rings. The van der Waals surface area contributed by atoms with Gasteiger partial charge in [0.1, 0.15) is 0 Å². The average Bonchev–Trinajstić information content (AvgIpc) is 3.04. The summed E-state index contributed by atoms with van der Waals surface area (Å²) in [6.45, 7) is 31.9. The van der Waals surface area contributed by atoms with Crippen molar-refractivity contribution in [3.05, 3.63) is 23.3 Å². The van der Waals surface area contributed by atoms with Crippen molar-refractivity contribution in [2.24, 2.45) is 45.3 Å². The summed E-state index contributed by atoms with van der Waals surface area (Å²) in [5.74, 6) is 3.04. The van der Waals surface area contributed by atoms with Gasteiger partial charge in [0, 0.05) is 0 Å². The van der Waals surface area contributed by atoms with Crippen molar-refractivity contribution in [2.75, 3.05) is 0 Å². The average molecular weight is 513 g/mol. The normalized spacial score (nSPS) is 41.1. The summed E-state index contributed by atoms with van der Waals surface area (Å²) in [6, 6.07) is 0. The van der Waals surface area contributed by atoms with Crippen LogP contribution in [0.4, 0.5) is 0 Å². The molecular weight excluding hydrogens is 452 g/mol. The van der Waals surface area contributed by atoms with Crippen molar-refractivity contribution in [1.82, 2.24) is 0 Å². The molecule has 2 unspecified atom stereocenters. The van der Waals surface area contributed by atoms with Crippen molar-refractivity contribution in [3.8, 4) is 0 Å². The zero-order valence-electron chi connectivity index (χ0n) is 26.1. The molecule has 0 aliphatic heterocycles. The Labute approximate surface area is 226 Å². The summed E-state index contributed by atoms with van der Waals surface area (Å²) in [5.41, 5.74) is 6.79. The molecule has 0 saturated heterocycles. The van der Waals surface area contributed by atoms with Crippen LogP contribution in [0.5, 0.6) is 0 Å². The number of hydrogen-bond acceptors (Lipinski definition) is 1. The smallest absolute Gasteiger partial charge is 0.184 e. The molecule has 0 aromatic rings.